The molecule has 11 heteroatoms. The van der Waals surface area contributed by atoms with Gasteiger partial charge in [-0.25, -0.2) is 4.99 Å². The van der Waals surface area contributed by atoms with Crippen molar-refractivity contribution in [3.8, 4) is 5.75 Å². The lowest BCUT2D eigenvalue weighted by atomic mass is 10.2. The molecule has 0 spiro atoms. The van der Waals surface area contributed by atoms with Crippen LogP contribution in [-0.4, -0.2) is 38.1 Å². The number of benzene rings is 1. The zero-order chi connectivity index (χ0) is 19.5. The Morgan fingerprint density at radius 1 is 1.22 bits per heavy atom. The summed E-state index contributed by atoms with van der Waals surface area (Å²) in [6.45, 7) is 1.94. The van der Waals surface area contributed by atoms with Gasteiger partial charge >= 0.3 is 6.61 Å². The number of nitrogens with one attached hydrogen (secondary N) is 3. The third-order valence-electron chi connectivity index (χ3n) is 3.03. The van der Waals surface area contributed by atoms with E-state index in [1.165, 1.54) is 12.1 Å². The Kier molecular flexibility index (Phi) is 13.4. The van der Waals surface area contributed by atoms with Crippen molar-refractivity contribution < 1.29 is 18.3 Å². The Morgan fingerprint density at radius 3 is 2.52 bits per heavy atom. The smallest absolute Gasteiger partial charge is 0.387 e. The maximum atomic E-state index is 12.6. The summed E-state index contributed by atoms with van der Waals surface area (Å²) >= 11 is 11.9. The quantitative estimate of drug-likeness (QED) is 0.254. The fourth-order valence-electron chi connectivity index (χ4n) is 1.95. The van der Waals surface area contributed by atoms with Gasteiger partial charge in [-0.05, 0) is 25.5 Å². The molecular weight excluding hydrogens is 516 g/mol. The number of carbonyl (C=O) groups is 1. The second kappa shape index (κ2) is 14.0. The van der Waals surface area contributed by atoms with E-state index in [0.717, 1.165) is 6.42 Å². The van der Waals surface area contributed by atoms with Crippen molar-refractivity contribution in [3.05, 3.63) is 27.7 Å². The topological polar surface area (TPSA) is 74.8 Å². The zero-order valence-electron chi connectivity index (χ0n) is 15.0. The Balaban J connectivity index is 0.00000676. The van der Waals surface area contributed by atoms with Crippen LogP contribution in [0.25, 0.3) is 0 Å². The van der Waals surface area contributed by atoms with Crippen molar-refractivity contribution >= 4 is 59.0 Å². The van der Waals surface area contributed by atoms with Crippen LogP contribution in [0, 0.1) is 0 Å². The average molecular weight is 539 g/mol. The standard InChI is InChI=1S/C16H22Cl2F2N4O2.HI/c1-3-5-22-13(25)9-24-16(21-4-2)23-8-10-6-11(17)7-12(18)14(10)26-15(19)20;/h6-7,15H,3-5,8-9H2,1-2H3,(H,22,25)(H2,21,23,24);1H. The van der Waals surface area contributed by atoms with E-state index in [4.69, 9.17) is 23.2 Å². The van der Waals surface area contributed by atoms with Crippen LogP contribution in [0.1, 0.15) is 25.8 Å². The molecule has 0 atom stereocenters. The maximum Gasteiger partial charge on any atom is 0.387 e. The van der Waals surface area contributed by atoms with E-state index < -0.39 is 6.61 Å². The van der Waals surface area contributed by atoms with Crippen LogP contribution in [0.4, 0.5) is 8.78 Å². The highest BCUT2D eigenvalue weighted by atomic mass is 127. The first kappa shape index (κ1) is 25.9. The number of hydrogen-bond acceptors (Lipinski definition) is 3. The van der Waals surface area contributed by atoms with E-state index in [2.05, 4.69) is 25.7 Å². The Hall–Kier alpha value is -1.07. The molecule has 0 bridgehead atoms. The summed E-state index contributed by atoms with van der Waals surface area (Å²) in [7, 11) is 0. The lowest BCUT2D eigenvalue weighted by Crippen LogP contribution is -2.43. The number of hydrogen-bond donors (Lipinski definition) is 3. The second-order valence-corrected chi connectivity index (χ2v) is 6.00. The fourth-order valence-corrected chi connectivity index (χ4v) is 2.53. The molecule has 0 heterocycles. The number of alkyl halides is 2. The molecular formula is C16H23Cl2F2IN4O2. The van der Waals surface area contributed by atoms with Gasteiger partial charge in [-0.2, -0.15) is 8.78 Å². The third-order valence-corrected chi connectivity index (χ3v) is 3.53. The van der Waals surface area contributed by atoms with Crippen LogP contribution in [-0.2, 0) is 11.3 Å². The predicted molar refractivity (Wildman–Crippen MR) is 115 cm³/mol. The molecule has 6 nitrogen and oxygen atoms in total. The summed E-state index contributed by atoms with van der Waals surface area (Å²) in [5, 5.41) is 8.79. The summed E-state index contributed by atoms with van der Waals surface area (Å²) in [6.07, 6.45) is 0.836. The van der Waals surface area contributed by atoms with Gasteiger partial charge < -0.3 is 20.7 Å². The fraction of sp³-hybridized carbons (Fsp3) is 0.500. The highest BCUT2D eigenvalue weighted by Crippen LogP contribution is 2.34. The molecule has 0 saturated heterocycles. The number of halogens is 5. The average Bonchev–Trinajstić information content (AvgIpc) is 2.57. The minimum atomic E-state index is -3.02. The van der Waals surface area contributed by atoms with Crippen LogP contribution in [0.3, 0.4) is 0 Å². The Morgan fingerprint density at radius 2 is 1.93 bits per heavy atom. The molecule has 0 fully saturated rings. The van der Waals surface area contributed by atoms with Gasteiger partial charge in [0.15, 0.2) is 5.96 Å². The van der Waals surface area contributed by atoms with Crippen molar-refractivity contribution in [1.82, 2.24) is 16.0 Å². The molecule has 1 amide bonds. The first-order valence-electron chi connectivity index (χ1n) is 8.08. The largest absolute Gasteiger partial charge is 0.433 e. The normalized spacial score (nSPS) is 11.0. The highest BCUT2D eigenvalue weighted by Gasteiger charge is 2.15. The van der Waals surface area contributed by atoms with Crippen LogP contribution >= 0.6 is 47.2 Å². The van der Waals surface area contributed by atoms with Gasteiger partial charge in [-0.3, -0.25) is 4.79 Å². The van der Waals surface area contributed by atoms with E-state index in [-0.39, 0.29) is 58.8 Å². The molecule has 27 heavy (non-hydrogen) atoms. The van der Waals surface area contributed by atoms with E-state index >= 15 is 0 Å². The summed E-state index contributed by atoms with van der Waals surface area (Å²) < 4.78 is 29.7. The highest BCUT2D eigenvalue weighted by molar-refractivity contribution is 14.0. The third kappa shape index (κ3) is 10.2. The molecule has 0 aliphatic carbocycles. The van der Waals surface area contributed by atoms with E-state index in [0.29, 0.717) is 24.6 Å². The van der Waals surface area contributed by atoms with Crippen molar-refractivity contribution in [3.63, 3.8) is 0 Å². The van der Waals surface area contributed by atoms with Crippen LogP contribution < -0.4 is 20.7 Å². The minimum Gasteiger partial charge on any atom is -0.433 e. The molecule has 0 aliphatic heterocycles. The minimum absolute atomic E-state index is 0. The first-order valence-corrected chi connectivity index (χ1v) is 8.84. The van der Waals surface area contributed by atoms with Crippen molar-refractivity contribution in [2.24, 2.45) is 4.99 Å². The van der Waals surface area contributed by atoms with Gasteiger partial charge in [0.25, 0.3) is 0 Å². The molecule has 3 N–H and O–H groups in total. The number of guanidine groups is 1. The van der Waals surface area contributed by atoms with Gasteiger partial charge in [-0.15, -0.1) is 24.0 Å². The zero-order valence-corrected chi connectivity index (χ0v) is 18.8. The first-order chi connectivity index (χ1) is 12.4. The van der Waals surface area contributed by atoms with Crippen LogP contribution in [0.5, 0.6) is 5.75 Å². The number of nitrogens with zero attached hydrogens (tertiary/aromatic N) is 1. The van der Waals surface area contributed by atoms with Crippen molar-refractivity contribution in [2.45, 2.75) is 33.4 Å². The molecule has 1 aromatic rings. The molecule has 1 aromatic carbocycles. The van der Waals surface area contributed by atoms with Gasteiger partial charge in [-0.1, -0.05) is 30.1 Å². The molecule has 154 valence electrons. The van der Waals surface area contributed by atoms with Crippen molar-refractivity contribution in [2.75, 3.05) is 19.6 Å². The number of amides is 1. The van der Waals surface area contributed by atoms with Gasteiger partial charge in [0, 0.05) is 23.7 Å². The summed E-state index contributed by atoms with van der Waals surface area (Å²) in [5.41, 5.74) is 0.301. The van der Waals surface area contributed by atoms with Gasteiger partial charge in [0.05, 0.1) is 18.1 Å². The Labute approximate surface area is 184 Å². The van der Waals surface area contributed by atoms with Gasteiger partial charge in [0.2, 0.25) is 5.91 Å². The van der Waals surface area contributed by atoms with Crippen molar-refractivity contribution in [1.29, 1.82) is 0 Å². The van der Waals surface area contributed by atoms with E-state index in [9.17, 15) is 13.6 Å². The molecule has 0 unspecified atom stereocenters. The lowest BCUT2D eigenvalue weighted by Gasteiger charge is -2.14. The molecule has 0 saturated carbocycles. The predicted octanol–water partition coefficient (Wildman–Crippen LogP) is 3.79. The molecule has 0 aromatic heterocycles. The number of ether oxygens (including phenoxy) is 1. The SMILES string of the molecule is CCCNC(=O)CNC(=NCc1cc(Cl)cc(Cl)c1OC(F)F)NCC.I. The van der Waals surface area contributed by atoms with Gasteiger partial charge in [0.1, 0.15) is 5.75 Å². The lowest BCUT2D eigenvalue weighted by molar-refractivity contribution is -0.120. The number of rotatable bonds is 9. The number of carbonyl (C=O) groups excluding carboxylic acids is 1. The summed E-state index contributed by atoms with van der Waals surface area (Å²) in [6, 6.07) is 2.77. The molecule has 1 rings (SSSR count). The monoisotopic (exact) mass is 538 g/mol. The molecule has 0 radical (unpaired) electrons. The molecule has 0 aliphatic rings. The van der Waals surface area contributed by atoms with Crippen LogP contribution in [0.2, 0.25) is 10.0 Å². The van der Waals surface area contributed by atoms with E-state index in [1.807, 2.05) is 13.8 Å². The Bertz CT molecular complexity index is 637. The summed E-state index contributed by atoms with van der Waals surface area (Å²) in [5.74, 6) is -0.00502. The number of aliphatic imine (C=N–C) groups is 1. The maximum absolute atomic E-state index is 12.6. The summed E-state index contributed by atoms with van der Waals surface area (Å²) in [4.78, 5) is 15.9. The van der Waals surface area contributed by atoms with E-state index in [1.54, 1.807) is 0 Å². The van der Waals surface area contributed by atoms with Crippen LogP contribution in [0.15, 0.2) is 17.1 Å². The second-order valence-electron chi connectivity index (χ2n) is 5.15.